The number of nitrogens with two attached hydrogens (primary N) is 1. The summed E-state index contributed by atoms with van der Waals surface area (Å²) in [5.41, 5.74) is 10.0. The second kappa shape index (κ2) is 14.2. The molecule has 0 bridgehead atoms. The van der Waals surface area contributed by atoms with Crippen LogP contribution in [0.4, 0.5) is 10.5 Å². The lowest BCUT2D eigenvalue weighted by Crippen LogP contribution is -2.55. The number of morpholine rings is 1. The molecule has 1 saturated heterocycles. The van der Waals surface area contributed by atoms with Crippen molar-refractivity contribution in [1.82, 2.24) is 15.5 Å². The summed E-state index contributed by atoms with van der Waals surface area (Å²) in [6, 6.07) is 27.0. The summed E-state index contributed by atoms with van der Waals surface area (Å²) in [7, 11) is 0. The Hall–Kier alpha value is -3.84. The first-order valence-corrected chi connectivity index (χ1v) is 13.4. The molecule has 200 valence electrons. The maximum absolute atomic E-state index is 13.7. The Kier molecular flexibility index (Phi) is 10.2. The number of carbonyl (C=O) groups excluding carboxylic acids is 2. The summed E-state index contributed by atoms with van der Waals surface area (Å²) in [5.74, 6) is -0.161. The third kappa shape index (κ3) is 8.63. The summed E-state index contributed by atoms with van der Waals surface area (Å²) < 4.78 is 5.38. The molecule has 1 aliphatic rings. The minimum absolute atomic E-state index is 0.0428. The van der Waals surface area contributed by atoms with Crippen LogP contribution in [0, 0.1) is 0 Å². The highest BCUT2D eigenvalue weighted by atomic mass is 16.5. The van der Waals surface area contributed by atoms with Gasteiger partial charge in [-0.1, -0.05) is 72.8 Å². The molecule has 0 saturated carbocycles. The van der Waals surface area contributed by atoms with E-state index in [4.69, 9.17) is 10.5 Å². The minimum Gasteiger partial charge on any atom is -0.399 e. The highest BCUT2D eigenvalue weighted by Gasteiger charge is 2.26. The number of carbonyl (C=O) groups is 2. The normalized spacial score (nSPS) is 14.9. The molecule has 2 atom stereocenters. The van der Waals surface area contributed by atoms with E-state index in [2.05, 4.69) is 22.8 Å². The molecule has 0 aromatic heterocycles. The van der Waals surface area contributed by atoms with Crippen LogP contribution in [0.25, 0.3) is 0 Å². The lowest BCUT2D eigenvalue weighted by Gasteiger charge is -2.30. The summed E-state index contributed by atoms with van der Waals surface area (Å²) in [4.78, 5) is 28.4. The smallest absolute Gasteiger partial charge is 0.318 e. The first-order valence-electron chi connectivity index (χ1n) is 13.4. The molecule has 7 nitrogen and oxygen atoms in total. The molecule has 38 heavy (non-hydrogen) atoms. The molecule has 1 fully saturated rings. The second-order valence-corrected chi connectivity index (χ2v) is 9.80. The zero-order chi connectivity index (χ0) is 26.6. The van der Waals surface area contributed by atoms with Gasteiger partial charge in [0, 0.05) is 31.2 Å². The third-order valence-corrected chi connectivity index (χ3v) is 6.93. The number of ether oxygens (including phenoxy) is 1. The molecule has 3 amide bonds. The first kappa shape index (κ1) is 27.2. The van der Waals surface area contributed by atoms with Gasteiger partial charge in [0.2, 0.25) is 5.91 Å². The topological polar surface area (TPSA) is 96.7 Å². The lowest BCUT2D eigenvalue weighted by molar-refractivity contribution is -0.123. The molecule has 4 rings (SSSR count). The Bertz CT molecular complexity index is 1130. The number of anilines is 1. The van der Waals surface area contributed by atoms with Gasteiger partial charge in [0.05, 0.1) is 13.2 Å². The highest BCUT2D eigenvalue weighted by Crippen LogP contribution is 2.14. The molecular weight excluding hydrogens is 476 g/mol. The van der Waals surface area contributed by atoms with Gasteiger partial charge in [0.25, 0.3) is 0 Å². The molecule has 0 aliphatic carbocycles. The minimum atomic E-state index is -0.677. The SMILES string of the molecule is Nc1ccc(CCC(CCc2ccccc2)NC(=O)C(Cc2ccccc2)NC(=O)N2CCOCC2)cc1. The van der Waals surface area contributed by atoms with Crippen molar-refractivity contribution in [2.75, 3.05) is 32.0 Å². The van der Waals surface area contributed by atoms with Crippen LogP contribution >= 0.6 is 0 Å². The van der Waals surface area contributed by atoms with Crippen molar-refractivity contribution in [2.24, 2.45) is 0 Å². The molecule has 3 aromatic rings. The van der Waals surface area contributed by atoms with E-state index < -0.39 is 6.04 Å². The van der Waals surface area contributed by atoms with Gasteiger partial charge in [-0.05, 0) is 54.5 Å². The zero-order valence-corrected chi connectivity index (χ0v) is 21.9. The molecule has 0 radical (unpaired) electrons. The van der Waals surface area contributed by atoms with Gasteiger partial charge >= 0.3 is 6.03 Å². The predicted molar refractivity (Wildman–Crippen MR) is 151 cm³/mol. The first-order chi connectivity index (χ1) is 18.6. The highest BCUT2D eigenvalue weighted by molar-refractivity contribution is 5.87. The Morgan fingerprint density at radius 2 is 1.32 bits per heavy atom. The van der Waals surface area contributed by atoms with Crippen molar-refractivity contribution in [2.45, 2.75) is 44.2 Å². The van der Waals surface area contributed by atoms with Crippen molar-refractivity contribution in [1.29, 1.82) is 0 Å². The lowest BCUT2D eigenvalue weighted by atomic mass is 9.98. The fraction of sp³-hybridized carbons (Fsp3) is 0.355. The number of nitrogens with zero attached hydrogens (tertiary/aromatic N) is 1. The maximum Gasteiger partial charge on any atom is 0.318 e. The van der Waals surface area contributed by atoms with Gasteiger partial charge in [-0.25, -0.2) is 4.79 Å². The maximum atomic E-state index is 13.7. The Labute approximate surface area is 225 Å². The predicted octanol–water partition coefficient (Wildman–Crippen LogP) is 3.97. The van der Waals surface area contributed by atoms with Crippen molar-refractivity contribution in [3.63, 3.8) is 0 Å². The fourth-order valence-electron chi connectivity index (χ4n) is 4.67. The molecule has 3 aromatic carbocycles. The zero-order valence-electron chi connectivity index (χ0n) is 21.9. The van der Waals surface area contributed by atoms with E-state index in [0.717, 1.165) is 36.9 Å². The van der Waals surface area contributed by atoms with Crippen molar-refractivity contribution in [3.8, 4) is 0 Å². The number of nitrogens with one attached hydrogen (secondary N) is 2. The number of amides is 3. The summed E-state index contributed by atoms with van der Waals surface area (Å²) in [6.45, 7) is 2.06. The van der Waals surface area contributed by atoms with E-state index in [9.17, 15) is 9.59 Å². The molecule has 1 aliphatic heterocycles. The van der Waals surface area contributed by atoms with Crippen molar-refractivity contribution >= 4 is 17.6 Å². The Balaban J connectivity index is 1.45. The quantitative estimate of drug-likeness (QED) is 0.337. The summed E-state index contributed by atoms with van der Waals surface area (Å²) in [5, 5.41) is 6.28. The van der Waals surface area contributed by atoms with Gasteiger partial charge in [-0.3, -0.25) is 4.79 Å². The number of urea groups is 1. The van der Waals surface area contributed by atoms with Crippen molar-refractivity contribution < 1.29 is 14.3 Å². The van der Waals surface area contributed by atoms with E-state index in [1.54, 1.807) is 4.90 Å². The molecule has 7 heteroatoms. The number of benzene rings is 3. The van der Waals surface area contributed by atoms with Crippen LogP contribution in [0.2, 0.25) is 0 Å². The summed E-state index contributed by atoms with van der Waals surface area (Å²) in [6.07, 6.45) is 3.70. The van der Waals surface area contributed by atoms with E-state index >= 15 is 0 Å². The Morgan fingerprint density at radius 3 is 1.92 bits per heavy atom. The van der Waals surface area contributed by atoms with E-state index in [1.165, 1.54) is 11.1 Å². The van der Waals surface area contributed by atoms with Gasteiger partial charge < -0.3 is 26.0 Å². The van der Waals surface area contributed by atoms with Crippen LogP contribution in [-0.4, -0.2) is 55.2 Å². The largest absolute Gasteiger partial charge is 0.399 e. The van der Waals surface area contributed by atoms with E-state index in [1.807, 2.05) is 72.8 Å². The monoisotopic (exact) mass is 514 g/mol. The molecule has 0 spiro atoms. The Morgan fingerprint density at radius 1 is 0.763 bits per heavy atom. The number of nitrogen functional groups attached to an aromatic ring is 1. The van der Waals surface area contributed by atoms with E-state index in [0.29, 0.717) is 32.7 Å². The average molecular weight is 515 g/mol. The number of hydrogen-bond donors (Lipinski definition) is 3. The van der Waals surface area contributed by atoms with Crippen molar-refractivity contribution in [3.05, 3.63) is 102 Å². The number of aryl methyl sites for hydroxylation is 2. The van der Waals surface area contributed by atoms with Crippen LogP contribution in [-0.2, 0) is 28.8 Å². The molecule has 2 unspecified atom stereocenters. The fourth-order valence-corrected chi connectivity index (χ4v) is 4.67. The van der Waals surface area contributed by atoms with Gasteiger partial charge in [0.1, 0.15) is 6.04 Å². The van der Waals surface area contributed by atoms with Gasteiger partial charge in [-0.15, -0.1) is 0 Å². The number of hydrogen-bond acceptors (Lipinski definition) is 4. The van der Waals surface area contributed by atoms with E-state index in [-0.39, 0.29) is 18.0 Å². The standard InChI is InChI=1S/C31H38N4O3/c32-27-15-11-25(12-16-27)14-18-28(17-13-24-7-3-1-4-8-24)33-30(36)29(23-26-9-5-2-6-10-26)34-31(37)35-19-21-38-22-20-35/h1-12,15-16,28-29H,13-14,17-23,32H2,(H,33,36)(H,34,37). The average Bonchev–Trinajstić information content (AvgIpc) is 2.96. The van der Waals surface area contributed by atoms with Crippen LogP contribution in [0.15, 0.2) is 84.9 Å². The molecule has 4 N–H and O–H groups in total. The second-order valence-electron chi connectivity index (χ2n) is 9.80. The summed E-state index contributed by atoms with van der Waals surface area (Å²) >= 11 is 0. The van der Waals surface area contributed by atoms with Crippen LogP contribution in [0.5, 0.6) is 0 Å². The third-order valence-electron chi connectivity index (χ3n) is 6.93. The van der Waals surface area contributed by atoms with Crippen LogP contribution in [0.3, 0.4) is 0 Å². The van der Waals surface area contributed by atoms with Gasteiger partial charge in [-0.2, -0.15) is 0 Å². The number of rotatable bonds is 11. The molecule has 1 heterocycles. The molecular formula is C31H38N4O3. The van der Waals surface area contributed by atoms with Crippen LogP contribution < -0.4 is 16.4 Å². The van der Waals surface area contributed by atoms with Gasteiger partial charge in [0.15, 0.2) is 0 Å². The van der Waals surface area contributed by atoms with Crippen LogP contribution in [0.1, 0.15) is 29.5 Å².